The maximum absolute atomic E-state index is 10.8. The Hall–Kier alpha value is -1.02. The summed E-state index contributed by atoms with van der Waals surface area (Å²) in [6, 6.07) is 7.60. The van der Waals surface area contributed by atoms with Gasteiger partial charge in [-0.15, -0.1) is 0 Å². The van der Waals surface area contributed by atoms with Crippen LogP contribution >= 0.6 is 11.6 Å². The molecule has 0 spiro atoms. The molecule has 3 heteroatoms. The lowest BCUT2D eigenvalue weighted by molar-refractivity contribution is -0.146. The highest BCUT2D eigenvalue weighted by atomic mass is 35.5. The molecule has 0 amide bonds. The minimum absolute atomic E-state index is 0.138. The lowest BCUT2D eigenvalue weighted by Crippen LogP contribution is -2.19. The van der Waals surface area contributed by atoms with Gasteiger partial charge < -0.3 is 4.74 Å². The first-order valence-electron chi connectivity index (χ1n) is 4.93. The molecule has 0 fully saturated rings. The fraction of sp³-hybridized carbons (Fsp3) is 0.417. The molecule has 0 aliphatic heterocycles. The van der Waals surface area contributed by atoms with Gasteiger partial charge in [-0.3, -0.25) is 4.79 Å². The summed E-state index contributed by atoms with van der Waals surface area (Å²) in [5.41, 5.74) is 1.08. The predicted molar refractivity (Wildman–Crippen MR) is 61.1 cm³/mol. The summed E-state index contributed by atoms with van der Waals surface area (Å²) in [5, 5.41) is 0.703. The molecule has 2 nitrogen and oxygen atoms in total. The number of rotatable bonds is 3. The fourth-order valence-corrected chi connectivity index (χ4v) is 1.62. The third-order valence-corrected chi connectivity index (χ3v) is 2.67. The molecule has 0 aliphatic carbocycles. The van der Waals surface area contributed by atoms with E-state index in [4.69, 9.17) is 16.3 Å². The summed E-state index contributed by atoms with van der Waals surface area (Å²) in [6.07, 6.45) is -0.138. The van der Waals surface area contributed by atoms with E-state index in [1.165, 1.54) is 6.92 Å². The van der Waals surface area contributed by atoms with Crippen molar-refractivity contribution in [3.05, 3.63) is 34.9 Å². The zero-order valence-electron chi connectivity index (χ0n) is 9.16. The van der Waals surface area contributed by atoms with Crippen molar-refractivity contribution in [2.45, 2.75) is 32.8 Å². The molecular weight excluding hydrogens is 212 g/mol. The van der Waals surface area contributed by atoms with E-state index >= 15 is 0 Å². The zero-order valence-corrected chi connectivity index (χ0v) is 9.91. The van der Waals surface area contributed by atoms with Crippen molar-refractivity contribution in [3.63, 3.8) is 0 Å². The SMILES string of the molecule is CC(=O)O[C@@H](C)[C@@H](C)c1cccc(Cl)c1. The van der Waals surface area contributed by atoms with E-state index in [0.717, 1.165) is 5.56 Å². The Kier molecular flexibility index (Phi) is 4.15. The van der Waals surface area contributed by atoms with Crippen molar-refractivity contribution in [1.29, 1.82) is 0 Å². The molecule has 0 saturated heterocycles. The summed E-state index contributed by atoms with van der Waals surface area (Å²) in [6.45, 7) is 5.31. The van der Waals surface area contributed by atoms with Crippen LogP contribution in [0.5, 0.6) is 0 Å². The molecule has 1 aromatic carbocycles. The zero-order chi connectivity index (χ0) is 11.4. The van der Waals surface area contributed by atoms with Crippen LogP contribution in [0.2, 0.25) is 5.02 Å². The second-order valence-corrected chi connectivity index (χ2v) is 4.09. The molecule has 0 saturated carbocycles. The Morgan fingerprint density at radius 2 is 2.07 bits per heavy atom. The van der Waals surface area contributed by atoms with Gasteiger partial charge >= 0.3 is 5.97 Å². The van der Waals surface area contributed by atoms with Crippen molar-refractivity contribution in [3.8, 4) is 0 Å². The van der Waals surface area contributed by atoms with E-state index in [-0.39, 0.29) is 18.0 Å². The summed E-state index contributed by atoms with van der Waals surface area (Å²) >= 11 is 5.89. The van der Waals surface area contributed by atoms with Crippen LogP contribution in [0.15, 0.2) is 24.3 Å². The fourth-order valence-electron chi connectivity index (χ4n) is 1.42. The molecule has 15 heavy (non-hydrogen) atoms. The Balaban J connectivity index is 2.75. The third-order valence-electron chi connectivity index (χ3n) is 2.43. The summed E-state index contributed by atoms with van der Waals surface area (Å²) in [7, 11) is 0. The molecule has 0 N–H and O–H groups in total. The maximum atomic E-state index is 10.8. The predicted octanol–water partition coefficient (Wildman–Crippen LogP) is 3.40. The van der Waals surface area contributed by atoms with Gasteiger partial charge in [0, 0.05) is 17.9 Å². The van der Waals surface area contributed by atoms with Gasteiger partial charge in [0.05, 0.1) is 0 Å². The van der Waals surface area contributed by atoms with Crippen LogP contribution in [-0.4, -0.2) is 12.1 Å². The van der Waals surface area contributed by atoms with Crippen LogP contribution in [0.1, 0.15) is 32.3 Å². The molecule has 0 unspecified atom stereocenters. The van der Waals surface area contributed by atoms with Crippen LogP contribution in [0, 0.1) is 0 Å². The number of carbonyl (C=O) groups excluding carboxylic acids is 1. The normalized spacial score (nSPS) is 14.4. The van der Waals surface area contributed by atoms with E-state index in [2.05, 4.69) is 0 Å². The average Bonchev–Trinajstić information content (AvgIpc) is 2.15. The van der Waals surface area contributed by atoms with Crippen LogP contribution in [-0.2, 0) is 9.53 Å². The van der Waals surface area contributed by atoms with Gasteiger partial charge in [-0.1, -0.05) is 30.7 Å². The monoisotopic (exact) mass is 226 g/mol. The molecule has 0 aliphatic rings. The van der Waals surface area contributed by atoms with Crippen LogP contribution in [0.25, 0.3) is 0 Å². The first-order valence-corrected chi connectivity index (χ1v) is 5.31. The standard InChI is InChI=1S/C12H15ClO2/c1-8(9(2)15-10(3)14)11-5-4-6-12(13)7-11/h4-9H,1-3H3/t8-,9+/m1/s1. The van der Waals surface area contributed by atoms with Crippen molar-refractivity contribution in [2.75, 3.05) is 0 Å². The van der Waals surface area contributed by atoms with Crippen molar-refractivity contribution in [2.24, 2.45) is 0 Å². The van der Waals surface area contributed by atoms with E-state index in [0.29, 0.717) is 5.02 Å². The molecule has 1 aromatic rings. The van der Waals surface area contributed by atoms with Crippen molar-refractivity contribution < 1.29 is 9.53 Å². The largest absolute Gasteiger partial charge is 0.462 e. The molecule has 0 radical (unpaired) electrons. The molecule has 1 rings (SSSR count). The second-order valence-electron chi connectivity index (χ2n) is 3.66. The van der Waals surface area contributed by atoms with Crippen molar-refractivity contribution in [1.82, 2.24) is 0 Å². The number of carbonyl (C=O) groups is 1. The van der Waals surface area contributed by atoms with Gasteiger partial charge in [-0.2, -0.15) is 0 Å². The summed E-state index contributed by atoms with van der Waals surface area (Å²) in [4.78, 5) is 10.8. The average molecular weight is 227 g/mol. The highest BCUT2D eigenvalue weighted by molar-refractivity contribution is 6.30. The molecule has 0 heterocycles. The third kappa shape index (κ3) is 3.56. The minimum Gasteiger partial charge on any atom is -0.462 e. The summed E-state index contributed by atoms with van der Waals surface area (Å²) < 4.78 is 5.12. The van der Waals surface area contributed by atoms with Gasteiger partial charge in [-0.25, -0.2) is 0 Å². The number of benzene rings is 1. The highest BCUT2D eigenvalue weighted by Gasteiger charge is 2.16. The number of hydrogen-bond donors (Lipinski definition) is 0. The molecule has 2 atom stereocenters. The lowest BCUT2D eigenvalue weighted by Gasteiger charge is -2.20. The maximum Gasteiger partial charge on any atom is 0.302 e. The summed E-state index contributed by atoms with van der Waals surface area (Å²) in [5.74, 6) is -0.107. The van der Waals surface area contributed by atoms with E-state index in [1.807, 2.05) is 38.1 Å². The highest BCUT2D eigenvalue weighted by Crippen LogP contribution is 2.23. The number of halogens is 1. The van der Waals surface area contributed by atoms with E-state index < -0.39 is 0 Å². The van der Waals surface area contributed by atoms with Crippen LogP contribution in [0.3, 0.4) is 0 Å². The van der Waals surface area contributed by atoms with Gasteiger partial charge in [0.1, 0.15) is 6.10 Å². The van der Waals surface area contributed by atoms with Crippen LogP contribution in [0.4, 0.5) is 0 Å². The van der Waals surface area contributed by atoms with E-state index in [9.17, 15) is 4.79 Å². The topological polar surface area (TPSA) is 26.3 Å². The number of hydrogen-bond acceptors (Lipinski definition) is 2. The molecule has 0 bridgehead atoms. The van der Waals surface area contributed by atoms with Gasteiger partial charge in [-0.05, 0) is 24.6 Å². The first-order chi connectivity index (χ1) is 7.00. The van der Waals surface area contributed by atoms with Crippen molar-refractivity contribution >= 4 is 17.6 Å². The van der Waals surface area contributed by atoms with Gasteiger partial charge in [0.2, 0.25) is 0 Å². The van der Waals surface area contributed by atoms with Gasteiger partial charge in [0.15, 0.2) is 0 Å². The molecular formula is C12H15ClO2. The minimum atomic E-state index is -0.253. The number of ether oxygens (including phenoxy) is 1. The Morgan fingerprint density at radius 1 is 1.40 bits per heavy atom. The smallest absolute Gasteiger partial charge is 0.302 e. The van der Waals surface area contributed by atoms with E-state index in [1.54, 1.807) is 0 Å². The van der Waals surface area contributed by atoms with Crippen LogP contribution < -0.4 is 0 Å². The first kappa shape index (κ1) is 12.1. The number of esters is 1. The quantitative estimate of drug-likeness (QED) is 0.739. The molecule has 0 aromatic heterocycles. The second kappa shape index (κ2) is 5.17. The molecule has 82 valence electrons. The van der Waals surface area contributed by atoms with Gasteiger partial charge in [0.25, 0.3) is 0 Å². The Bertz CT molecular complexity index is 349. The Morgan fingerprint density at radius 3 is 2.60 bits per heavy atom. The Labute approximate surface area is 95.2 Å². The lowest BCUT2D eigenvalue weighted by atomic mass is 9.96.